The first-order valence-electron chi connectivity index (χ1n) is 8.12. The molecule has 0 atom stereocenters. The number of nitrogens with one attached hydrogen (secondary N) is 3. The molecule has 0 unspecified atom stereocenters. The summed E-state index contributed by atoms with van der Waals surface area (Å²) in [7, 11) is 0. The van der Waals surface area contributed by atoms with Gasteiger partial charge in [-0.15, -0.1) is 0 Å². The number of nitrogens with zero attached hydrogens (tertiary/aromatic N) is 1. The lowest BCUT2D eigenvalue weighted by Gasteiger charge is -2.27. The minimum Gasteiger partial charge on any atom is -0.321 e. The summed E-state index contributed by atoms with van der Waals surface area (Å²) in [5, 5.41) is 2.99. The average Bonchev–Trinajstić information content (AvgIpc) is 2.56. The number of anilines is 2. The molecular formula is C18H24N4O+2. The number of quaternary nitrogens is 1. The van der Waals surface area contributed by atoms with Crippen LogP contribution in [-0.4, -0.2) is 38.6 Å². The zero-order valence-electron chi connectivity index (χ0n) is 13.5. The van der Waals surface area contributed by atoms with Crippen LogP contribution in [-0.2, 0) is 4.79 Å². The molecule has 120 valence electrons. The Balaban J connectivity index is 1.48. The Morgan fingerprint density at radius 3 is 2.74 bits per heavy atom. The van der Waals surface area contributed by atoms with E-state index in [1.807, 2.05) is 49.5 Å². The number of hydrogen-bond acceptors (Lipinski definition) is 2. The number of benzene rings is 1. The third-order valence-electron chi connectivity index (χ3n) is 4.22. The van der Waals surface area contributed by atoms with Crippen molar-refractivity contribution in [3.63, 3.8) is 0 Å². The Bertz CT molecular complexity index is 651. The van der Waals surface area contributed by atoms with Crippen molar-refractivity contribution in [3.8, 4) is 0 Å². The minimum atomic E-state index is 0.0883. The third-order valence-corrected chi connectivity index (χ3v) is 4.22. The third kappa shape index (κ3) is 4.29. The summed E-state index contributed by atoms with van der Waals surface area (Å²) >= 11 is 0. The van der Waals surface area contributed by atoms with Gasteiger partial charge in [0.15, 0.2) is 6.54 Å². The number of pyridine rings is 1. The normalized spacial score (nSPS) is 15.4. The second kappa shape index (κ2) is 7.24. The molecule has 0 aliphatic carbocycles. The van der Waals surface area contributed by atoms with Crippen LogP contribution in [0.15, 0.2) is 48.7 Å². The number of amides is 1. The minimum absolute atomic E-state index is 0.0883. The fourth-order valence-corrected chi connectivity index (χ4v) is 2.98. The van der Waals surface area contributed by atoms with E-state index in [2.05, 4.69) is 21.3 Å². The maximum Gasteiger partial charge on any atom is 0.279 e. The molecule has 2 heterocycles. The smallest absolute Gasteiger partial charge is 0.279 e. The lowest BCUT2D eigenvalue weighted by Crippen LogP contribution is -3.15. The Kier molecular flexibility index (Phi) is 4.88. The molecule has 1 aromatic carbocycles. The number of hydrogen-bond donors (Lipinski definition) is 2. The first-order valence-corrected chi connectivity index (χ1v) is 8.12. The highest BCUT2D eigenvalue weighted by atomic mass is 16.2. The van der Waals surface area contributed by atoms with Gasteiger partial charge in [0.25, 0.3) is 11.7 Å². The molecule has 0 bridgehead atoms. The van der Waals surface area contributed by atoms with Crippen molar-refractivity contribution in [1.82, 2.24) is 0 Å². The van der Waals surface area contributed by atoms with E-state index >= 15 is 0 Å². The van der Waals surface area contributed by atoms with Gasteiger partial charge < -0.3 is 10.2 Å². The van der Waals surface area contributed by atoms with Gasteiger partial charge in [0.2, 0.25) is 0 Å². The van der Waals surface area contributed by atoms with Crippen molar-refractivity contribution in [2.45, 2.75) is 6.92 Å². The van der Waals surface area contributed by atoms with Crippen molar-refractivity contribution in [2.75, 3.05) is 42.9 Å². The Morgan fingerprint density at radius 1 is 1.22 bits per heavy atom. The number of rotatable bonds is 4. The quantitative estimate of drug-likeness (QED) is 0.845. The van der Waals surface area contributed by atoms with Gasteiger partial charge in [-0.05, 0) is 30.7 Å². The summed E-state index contributed by atoms with van der Waals surface area (Å²) in [6.45, 7) is 6.44. The van der Waals surface area contributed by atoms with Gasteiger partial charge in [0, 0.05) is 11.8 Å². The fourth-order valence-electron chi connectivity index (χ4n) is 2.98. The van der Waals surface area contributed by atoms with Gasteiger partial charge in [-0.1, -0.05) is 18.2 Å². The average molecular weight is 312 g/mol. The number of aryl methyl sites for hydroxylation is 1. The highest BCUT2D eigenvalue weighted by Crippen LogP contribution is 2.09. The van der Waals surface area contributed by atoms with Crippen LogP contribution in [0.25, 0.3) is 0 Å². The number of piperazine rings is 1. The Labute approximate surface area is 136 Å². The van der Waals surface area contributed by atoms with E-state index in [-0.39, 0.29) is 5.91 Å². The number of H-pyrrole nitrogens is 1. The molecule has 23 heavy (non-hydrogen) atoms. The van der Waals surface area contributed by atoms with Crippen LogP contribution in [0.2, 0.25) is 0 Å². The summed E-state index contributed by atoms with van der Waals surface area (Å²) in [6.07, 6.45) is 1.95. The Morgan fingerprint density at radius 2 is 2.04 bits per heavy atom. The van der Waals surface area contributed by atoms with Crippen LogP contribution >= 0.6 is 0 Å². The molecule has 1 fully saturated rings. The van der Waals surface area contributed by atoms with Crippen LogP contribution in [0.5, 0.6) is 0 Å². The van der Waals surface area contributed by atoms with Crippen LogP contribution in [0.4, 0.5) is 11.5 Å². The fraction of sp³-hybridized carbons (Fsp3) is 0.333. The molecule has 3 rings (SSSR count). The maximum atomic E-state index is 12.2. The molecule has 1 aromatic heterocycles. The first-order chi connectivity index (χ1) is 11.2. The van der Waals surface area contributed by atoms with Gasteiger partial charge >= 0.3 is 0 Å². The zero-order valence-corrected chi connectivity index (χ0v) is 13.5. The predicted octanol–water partition coefficient (Wildman–Crippen LogP) is 0.153. The summed E-state index contributed by atoms with van der Waals surface area (Å²) in [4.78, 5) is 19.1. The van der Waals surface area contributed by atoms with Gasteiger partial charge in [0.1, 0.15) is 26.2 Å². The molecule has 1 saturated heterocycles. The van der Waals surface area contributed by atoms with Crippen LogP contribution < -0.4 is 20.1 Å². The highest BCUT2D eigenvalue weighted by Gasteiger charge is 2.27. The largest absolute Gasteiger partial charge is 0.321 e. The van der Waals surface area contributed by atoms with Gasteiger partial charge in [-0.3, -0.25) is 9.69 Å². The summed E-state index contributed by atoms with van der Waals surface area (Å²) in [5.74, 6) is 1.24. The van der Waals surface area contributed by atoms with E-state index in [4.69, 9.17) is 0 Å². The molecule has 1 amide bonds. The topological polar surface area (TPSA) is 50.9 Å². The molecule has 5 nitrogen and oxygen atoms in total. The maximum absolute atomic E-state index is 12.2. The van der Waals surface area contributed by atoms with E-state index in [1.165, 1.54) is 4.90 Å². The van der Waals surface area contributed by atoms with Gasteiger partial charge in [-0.25, -0.2) is 4.98 Å². The zero-order chi connectivity index (χ0) is 16.1. The lowest BCUT2D eigenvalue weighted by atomic mass is 10.2. The molecule has 1 aliphatic heterocycles. The number of aromatic nitrogens is 1. The van der Waals surface area contributed by atoms with E-state index in [0.29, 0.717) is 6.54 Å². The van der Waals surface area contributed by atoms with Crippen molar-refractivity contribution in [3.05, 3.63) is 54.2 Å². The molecule has 5 heteroatoms. The van der Waals surface area contributed by atoms with Crippen molar-refractivity contribution >= 4 is 17.4 Å². The number of carbonyl (C=O) groups excluding carboxylic acids is 1. The van der Waals surface area contributed by atoms with Crippen molar-refractivity contribution < 1.29 is 14.7 Å². The number of carbonyl (C=O) groups is 1. The Hall–Kier alpha value is -2.40. The molecule has 3 N–H and O–H groups in total. The van der Waals surface area contributed by atoms with Crippen LogP contribution in [0.3, 0.4) is 0 Å². The van der Waals surface area contributed by atoms with Crippen molar-refractivity contribution in [2.24, 2.45) is 0 Å². The molecular weight excluding hydrogens is 288 g/mol. The molecule has 0 spiro atoms. The second-order valence-corrected chi connectivity index (χ2v) is 6.08. The van der Waals surface area contributed by atoms with Crippen molar-refractivity contribution in [1.29, 1.82) is 0 Å². The van der Waals surface area contributed by atoms with Crippen LogP contribution in [0.1, 0.15) is 5.56 Å². The predicted molar refractivity (Wildman–Crippen MR) is 90.6 cm³/mol. The van der Waals surface area contributed by atoms with Gasteiger partial charge in [0.05, 0.1) is 6.20 Å². The molecule has 2 aromatic rings. The highest BCUT2D eigenvalue weighted by molar-refractivity contribution is 5.91. The van der Waals surface area contributed by atoms with Crippen LogP contribution in [0, 0.1) is 6.92 Å². The monoisotopic (exact) mass is 312 g/mol. The SMILES string of the molecule is Cc1cccc(NC(=O)C[NH+]2CCN(c3cccc[nH+]3)CC2)c1. The summed E-state index contributed by atoms with van der Waals surface area (Å²) < 4.78 is 0. The van der Waals surface area contributed by atoms with E-state index < -0.39 is 0 Å². The molecule has 0 radical (unpaired) electrons. The standard InChI is InChI=1S/C18H22N4O/c1-15-5-4-6-16(13-15)20-18(23)14-21-9-11-22(12-10-21)17-7-2-3-8-19-17/h2-8,13H,9-12,14H2,1H3,(H,20,23)/p+2. The summed E-state index contributed by atoms with van der Waals surface area (Å²) in [5.41, 5.74) is 2.04. The number of aromatic amines is 1. The van der Waals surface area contributed by atoms with E-state index in [0.717, 1.165) is 43.2 Å². The first kappa shape index (κ1) is 15.5. The van der Waals surface area contributed by atoms with E-state index in [1.54, 1.807) is 0 Å². The molecule has 1 aliphatic rings. The van der Waals surface area contributed by atoms with E-state index in [9.17, 15) is 4.79 Å². The summed E-state index contributed by atoms with van der Waals surface area (Å²) in [6, 6.07) is 14.0. The lowest BCUT2D eigenvalue weighted by molar-refractivity contribution is -0.892. The second-order valence-electron chi connectivity index (χ2n) is 6.08. The molecule has 0 saturated carbocycles. The van der Waals surface area contributed by atoms with Gasteiger partial charge in [-0.2, -0.15) is 0 Å².